The molecule has 0 spiro atoms. The van der Waals surface area contributed by atoms with Crippen molar-refractivity contribution in [3.05, 3.63) is 81.3 Å². The molecule has 0 unspecified atom stereocenters. The van der Waals surface area contributed by atoms with Crippen LogP contribution in [0, 0.1) is 11.3 Å². The molecule has 0 aliphatic heterocycles. The van der Waals surface area contributed by atoms with Gasteiger partial charge in [0.05, 0.1) is 28.0 Å². The number of hydrogen-bond acceptors (Lipinski definition) is 3. The van der Waals surface area contributed by atoms with Crippen molar-refractivity contribution >= 4 is 28.6 Å². The molecule has 3 heterocycles. The van der Waals surface area contributed by atoms with E-state index in [2.05, 4.69) is 22.9 Å². The fraction of sp³-hybridized carbons (Fsp3) is 0.0526. The van der Waals surface area contributed by atoms with Crippen molar-refractivity contribution in [3.63, 3.8) is 0 Å². The van der Waals surface area contributed by atoms with Crippen LogP contribution in [0.25, 0.3) is 16.9 Å². The van der Waals surface area contributed by atoms with Gasteiger partial charge in [-0.2, -0.15) is 16.6 Å². The first-order valence-corrected chi connectivity index (χ1v) is 8.75. The van der Waals surface area contributed by atoms with Crippen LogP contribution in [0.2, 0.25) is 5.02 Å². The van der Waals surface area contributed by atoms with Crippen LogP contribution in [0.4, 0.5) is 0 Å². The Kier molecular flexibility index (Phi) is 3.81. The first-order chi connectivity index (χ1) is 11.7. The van der Waals surface area contributed by atoms with Crippen LogP contribution in [0.5, 0.6) is 0 Å². The van der Waals surface area contributed by atoms with E-state index in [4.69, 9.17) is 21.8 Å². The summed E-state index contributed by atoms with van der Waals surface area (Å²) in [5.41, 5.74) is 5.77. The lowest BCUT2D eigenvalue weighted by molar-refractivity contribution is 1.03. The van der Waals surface area contributed by atoms with E-state index in [1.165, 1.54) is 5.56 Å². The quantitative estimate of drug-likeness (QED) is 0.511. The standard InChI is InChI=1S/C19H12ClN3S/c20-16-5-6-18-22-19(15-3-1-13(10-21)2-4-15)17(23(18)11-16)9-14-7-8-24-12-14/h1-8,11-12H,9H2. The summed E-state index contributed by atoms with van der Waals surface area (Å²) in [7, 11) is 0. The summed E-state index contributed by atoms with van der Waals surface area (Å²) in [4.78, 5) is 4.78. The molecule has 0 amide bonds. The number of halogens is 1. The lowest BCUT2D eigenvalue weighted by atomic mass is 10.0. The van der Waals surface area contributed by atoms with Gasteiger partial charge in [0.2, 0.25) is 0 Å². The first-order valence-electron chi connectivity index (χ1n) is 7.43. The molecule has 3 aromatic heterocycles. The molecule has 0 atom stereocenters. The predicted octanol–water partition coefficient (Wildman–Crippen LogP) is 5.18. The second-order valence-electron chi connectivity index (χ2n) is 5.48. The third-order valence-electron chi connectivity index (χ3n) is 3.92. The van der Waals surface area contributed by atoms with Crippen molar-refractivity contribution in [2.24, 2.45) is 0 Å². The van der Waals surface area contributed by atoms with Crippen LogP contribution in [0.1, 0.15) is 16.8 Å². The summed E-state index contributed by atoms with van der Waals surface area (Å²) in [6.45, 7) is 0. The second-order valence-corrected chi connectivity index (χ2v) is 6.70. The number of hydrogen-bond donors (Lipinski definition) is 0. The monoisotopic (exact) mass is 349 g/mol. The molecular weight excluding hydrogens is 338 g/mol. The summed E-state index contributed by atoms with van der Waals surface area (Å²) in [5.74, 6) is 0. The van der Waals surface area contributed by atoms with Crippen LogP contribution < -0.4 is 0 Å². The highest BCUT2D eigenvalue weighted by Crippen LogP contribution is 2.28. The minimum absolute atomic E-state index is 0.643. The molecule has 116 valence electrons. The van der Waals surface area contributed by atoms with Crippen molar-refractivity contribution in [2.75, 3.05) is 0 Å². The molecule has 0 aliphatic rings. The SMILES string of the molecule is N#Cc1ccc(-c2nc3ccc(Cl)cn3c2Cc2ccsc2)cc1. The van der Waals surface area contributed by atoms with E-state index in [9.17, 15) is 0 Å². The largest absolute Gasteiger partial charge is 0.302 e. The molecule has 0 saturated heterocycles. The number of nitriles is 1. The normalized spacial score (nSPS) is 10.8. The number of nitrogens with zero attached hydrogens (tertiary/aromatic N) is 3. The van der Waals surface area contributed by atoms with Crippen molar-refractivity contribution in [3.8, 4) is 17.3 Å². The summed E-state index contributed by atoms with van der Waals surface area (Å²) >= 11 is 7.87. The van der Waals surface area contributed by atoms with Gasteiger partial charge in [0.1, 0.15) is 5.65 Å². The number of rotatable bonds is 3. The smallest absolute Gasteiger partial charge is 0.137 e. The molecule has 0 saturated carbocycles. The highest BCUT2D eigenvalue weighted by molar-refractivity contribution is 7.07. The van der Waals surface area contributed by atoms with Crippen LogP contribution in [0.3, 0.4) is 0 Å². The Morgan fingerprint density at radius 3 is 2.67 bits per heavy atom. The Hall–Kier alpha value is -2.61. The second kappa shape index (κ2) is 6.12. The van der Waals surface area contributed by atoms with Gasteiger partial charge < -0.3 is 4.40 Å². The fourth-order valence-electron chi connectivity index (χ4n) is 2.76. The van der Waals surface area contributed by atoms with Gasteiger partial charge in [0.15, 0.2) is 0 Å². The molecule has 0 radical (unpaired) electrons. The van der Waals surface area contributed by atoms with E-state index in [-0.39, 0.29) is 0 Å². The maximum absolute atomic E-state index is 8.99. The minimum Gasteiger partial charge on any atom is -0.302 e. The van der Waals surface area contributed by atoms with E-state index < -0.39 is 0 Å². The van der Waals surface area contributed by atoms with Gasteiger partial charge in [-0.05, 0) is 46.7 Å². The Balaban J connectivity index is 1.91. The van der Waals surface area contributed by atoms with Crippen LogP contribution in [-0.2, 0) is 6.42 Å². The summed E-state index contributed by atoms with van der Waals surface area (Å²) in [6.07, 6.45) is 2.68. The summed E-state index contributed by atoms with van der Waals surface area (Å²) < 4.78 is 2.05. The molecule has 4 rings (SSSR count). The predicted molar refractivity (Wildman–Crippen MR) is 97.5 cm³/mol. The van der Waals surface area contributed by atoms with Gasteiger partial charge in [0, 0.05) is 18.2 Å². The highest BCUT2D eigenvalue weighted by Gasteiger charge is 2.15. The summed E-state index contributed by atoms with van der Waals surface area (Å²) in [6, 6.07) is 15.6. The molecular formula is C19H12ClN3S. The Morgan fingerprint density at radius 2 is 1.96 bits per heavy atom. The van der Waals surface area contributed by atoms with Gasteiger partial charge in [-0.3, -0.25) is 0 Å². The molecule has 0 bridgehead atoms. The molecule has 24 heavy (non-hydrogen) atoms. The van der Waals surface area contributed by atoms with E-state index in [1.807, 2.05) is 47.0 Å². The van der Waals surface area contributed by atoms with Crippen molar-refractivity contribution in [1.29, 1.82) is 5.26 Å². The molecule has 3 nitrogen and oxygen atoms in total. The van der Waals surface area contributed by atoms with Crippen molar-refractivity contribution < 1.29 is 0 Å². The maximum Gasteiger partial charge on any atom is 0.137 e. The molecule has 0 aliphatic carbocycles. The average Bonchev–Trinajstić information content (AvgIpc) is 3.24. The Morgan fingerprint density at radius 1 is 1.12 bits per heavy atom. The maximum atomic E-state index is 8.99. The molecule has 1 aromatic carbocycles. The number of fused-ring (bicyclic) bond motifs is 1. The first kappa shape index (κ1) is 14.9. The lowest BCUT2D eigenvalue weighted by Crippen LogP contribution is -1.96. The van der Waals surface area contributed by atoms with E-state index in [0.717, 1.165) is 29.0 Å². The zero-order valence-corrected chi connectivity index (χ0v) is 14.2. The van der Waals surface area contributed by atoms with Gasteiger partial charge in [-0.25, -0.2) is 4.98 Å². The molecule has 0 N–H and O–H groups in total. The average molecular weight is 350 g/mol. The fourth-order valence-corrected chi connectivity index (χ4v) is 3.59. The van der Waals surface area contributed by atoms with Crippen molar-refractivity contribution in [2.45, 2.75) is 6.42 Å². The number of pyridine rings is 1. The molecule has 0 fully saturated rings. The number of imidazole rings is 1. The summed E-state index contributed by atoms with van der Waals surface area (Å²) in [5, 5.41) is 13.9. The minimum atomic E-state index is 0.643. The van der Waals surface area contributed by atoms with Gasteiger partial charge >= 0.3 is 0 Å². The third kappa shape index (κ3) is 2.69. The van der Waals surface area contributed by atoms with Gasteiger partial charge in [-0.15, -0.1) is 0 Å². The van der Waals surface area contributed by atoms with E-state index in [0.29, 0.717) is 10.6 Å². The van der Waals surface area contributed by atoms with E-state index in [1.54, 1.807) is 11.3 Å². The van der Waals surface area contributed by atoms with Crippen LogP contribution >= 0.6 is 22.9 Å². The Bertz CT molecular complexity index is 1040. The van der Waals surface area contributed by atoms with Crippen LogP contribution in [0.15, 0.2) is 59.4 Å². The number of thiophene rings is 1. The Labute approximate surface area is 148 Å². The molecule has 4 aromatic rings. The number of aromatic nitrogens is 2. The van der Waals surface area contributed by atoms with Gasteiger partial charge in [0.25, 0.3) is 0 Å². The van der Waals surface area contributed by atoms with Crippen molar-refractivity contribution in [1.82, 2.24) is 9.38 Å². The van der Waals surface area contributed by atoms with E-state index >= 15 is 0 Å². The molecule has 5 heteroatoms. The van der Waals surface area contributed by atoms with Gasteiger partial charge in [-0.1, -0.05) is 23.7 Å². The van der Waals surface area contributed by atoms with Crippen LogP contribution in [-0.4, -0.2) is 9.38 Å². The number of benzene rings is 1. The third-order valence-corrected chi connectivity index (χ3v) is 4.88. The highest BCUT2D eigenvalue weighted by atomic mass is 35.5. The lowest BCUT2D eigenvalue weighted by Gasteiger charge is -2.05. The zero-order valence-electron chi connectivity index (χ0n) is 12.6. The zero-order chi connectivity index (χ0) is 16.5. The topological polar surface area (TPSA) is 41.1 Å².